The molecule has 0 saturated carbocycles. The van der Waals surface area contributed by atoms with Crippen LogP contribution in [0.15, 0.2) is 30.3 Å². The zero-order valence-electron chi connectivity index (χ0n) is 14.6. The normalized spacial score (nSPS) is 16.8. The number of anilines is 1. The third-order valence-corrected chi connectivity index (χ3v) is 4.38. The third kappa shape index (κ3) is 3.40. The average molecular weight is 344 g/mol. The highest BCUT2D eigenvalue weighted by molar-refractivity contribution is 5.97. The number of hydrogen-bond acceptors (Lipinski definition) is 5. The largest absolute Gasteiger partial charge is 0.496 e. The van der Waals surface area contributed by atoms with Gasteiger partial charge in [0.2, 0.25) is 0 Å². The van der Waals surface area contributed by atoms with Gasteiger partial charge in [0, 0.05) is 20.6 Å². The summed E-state index contributed by atoms with van der Waals surface area (Å²) in [6, 6.07) is 7.58. The number of methoxy groups -OCH3 is 1. The molecular weight excluding hydrogens is 323 g/mol. The molecule has 2 heterocycles. The second-order valence-corrected chi connectivity index (χ2v) is 6.21. The van der Waals surface area contributed by atoms with Crippen LogP contribution in [0.25, 0.3) is 0 Å². The van der Waals surface area contributed by atoms with E-state index in [0.717, 1.165) is 24.4 Å². The summed E-state index contributed by atoms with van der Waals surface area (Å²) in [6.45, 7) is 0.597. The van der Waals surface area contributed by atoms with Crippen LogP contribution in [-0.2, 0) is 0 Å². The molecule has 1 saturated heterocycles. The summed E-state index contributed by atoms with van der Waals surface area (Å²) in [4.78, 5) is 16.5. The molecule has 25 heavy (non-hydrogen) atoms. The highest BCUT2D eigenvalue weighted by atomic mass is 19.1. The highest BCUT2D eigenvalue weighted by Gasteiger charge is 2.33. The molecule has 1 unspecified atom stereocenters. The average Bonchev–Trinajstić information content (AvgIpc) is 3.10. The van der Waals surface area contributed by atoms with Gasteiger partial charge in [-0.25, -0.2) is 4.39 Å². The molecule has 1 amide bonds. The van der Waals surface area contributed by atoms with E-state index < -0.39 is 5.82 Å². The van der Waals surface area contributed by atoms with E-state index >= 15 is 0 Å². The maximum Gasteiger partial charge on any atom is 0.258 e. The van der Waals surface area contributed by atoms with E-state index in [2.05, 4.69) is 10.2 Å². The lowest BCUT2D eigenvalue weighted by Crippen LogP contribution is -2.31. The van der Waals surface area contributed by atoms with Crippen molar-refractivity contribution in [3.8, 4) is 5.75 Å². The van der Waals surface area contributed by atoms with Crippen LogP contribution in [0.3, 0.4) is 0 Å². The number of benzene rings is 1. The number of halogens is 1. The minimum Gasteiger partial charge on any atom is -0.496 e. The van der Waals surface area contributed by atoms with Crippen LogP contribution in [-0.4, -0.2) is 48.8 Å². The van der Waals surface area contributed by atoms with Gasteiger partial charge in [0.1, 0.15) is 11.6 Å². The quantitative estimate of drug-likeness (QED) is 0.853. The van der Waals surface area contributed by atoms with Crippen molar-refractivity contribution in [3.05, 3.63) is 47.4 Å². The summed E-state index contributed by atoms with van der Waals surface area (Å²) in [5, 5.41) is 8.47. The lowest BCUT2D eigenvalue weighted by molar-refractivity contribution is 0.0728. The van der Waals surface area contributed by atoms with Gasteiger partial charge >= 0.3 is 0 Å². The van der Waals surface area contributed by atoms with Crippen molar-refractivity contribution in [2.45, 2.75) is 18.9 Å². The Kier molecular flexibility index (Phi) is 4.83. The summed E-state index contributed by atoms with van der Waals surface area (Å²) in [5.74, 6) is 0.407. The van der Waals surface area contributed by atoms with Crippen molar-refractivity contribution in [2.24, 2.45) is 0 Å². The number of aromatic nitrogens is 2. The molecule has 1 atom stereocenters. The number of amides is 1. The Balaban J connectivity index is 1.88. The van der Waals surface area contributed by atoms with E-state index in [9.17, 15) is 9.18 Å². The first-order chi connectivity index (χ1) is 12.0. The Morgan fingerprint density at radius 3 is 2.72 bits per heavy atom. The number of carbonyl (C=O) groups is 1. The van der Waals surface area contributed by atoms with Crippen molar-refractivity contribution >= 4 is 11.7 Å². The molecule has 3 rings (SSSR count). The monoisotopic (exact) mass is 344 g/mol. The summed E-state index contributed by atoms with van der Waals surface area (Å²) < 4.78 is 18.8. The minimum absolute atomic E-state index is 0.163. The van der Waals surface area contributed by atoms with Gasteiger partial charge in [-0.3, -0.25) is 4.79 Å². The first-order valence-corrected chi connectivity index (χ1v) is 8.16. The van der Waals surface area contributed by atoms with E-state index in [4.69, 9.17) is 4.74 Å². The molecule has 0 radical (unpaired) electrons. The second-order valence-electron chi connectivity index (χ2n) is 6.21. The number of rotatable bonds is 4. The smallest absolute Gasteiger partial charge is 0.258 e. The lowest BCUT2D eigenvalue weighted by atomic mass is 10.1. The molecule has 1 aromatic heterocycles. The van der Waals surface area contributed by atoms with Crippen molar-refractivity contribution in [2.75, 3.05) is 32.6 Å². The van der Waals surface area contributed by atoms with Crippen LogP contribution < -0.4 is 9.64 Å². The Morgan fingerprint density at radius 1 is 1.28 bits per heavy atom. The summed E-state index contributed by atoms with van der Waals surface area (Å²) in [5.41, 5.74) is 0.971. The molecule has 6 nitrogen and oxygen atoms in total. The molecule has 1 aliphatic heterocycles. The highest BCUT2D eigenvalue weighted by Crippen LogP contribution is 2.34. The molecule has 132 valence electrons. The van der Waals surface area contributed by atoms with Crippen LogP contribution in [0.5, 0.6) is 5.75 Å². The standard InChI is InChI=1S/C18H21FN4O2/c1-22(2)17-9-7-14(20-21-17)15-5-4-10-23(15)18(24)13-11-12(19)6-8-16(13)25-3/h6-9,11,15H,4-5,10H2,1-3H3. The number of nitrogens with zero attached hydrogens (tertiary/aromatic N) is 4. The van der Waals surface area contributed by atoms with Crippen molar-refractivity contribution in [3.63, 3.8) is 0 Å². The van der Waals surface area contributed by atoms with Crippen LogP contribution in [0.2, 0.25) is 0 Å². The van der Waals surface area contributed by atoms with Gasteiger partial charge in [0.15, 0.2) is 5.82 Å². The summed E-state index contributed by atoms with van der Waals surface area (Å²) in [7, 11) is 5.26. The minimum atomic E-state index is -0.463. The zero-order chi connectivity index (χ0) is 18.0. The number of carbonyl (C=O) groups excluding carboxylic acids is 1. The molecule has 0 spiro atoms. The summed E-state index contributed by atoms with van der Waals surface area (Å²) >= 11 is 0. The Morgan fingerprint density at radius 2 is 2.08 bits per heavy atom. The Hall–Kier alpha value is -2.70. The van der Waals surface area contributed by atoms with E-state index in [0.29, 0.717) is 12.3 Å². The van der Waals surface area contributed by atoms with Crippen molar-refractivity contribution < 1.29 is 13.9 Å². The molecule has 1 aliphatic rings. The topological polar surface area (TPSA) is 58.6 Å². The van der Waals surface area contributed by atoms with Gasteiger partial charge in [0.25, 0.3) is 5.91 Å². The van der Waals surface area contributed by atoms with E-state index in [1.807, 2.05) is 31.1 Å². The van der Waals surface area contributed by atoms with Gasteiger partial charge in [0.05, 0.1) is 24.4 Å². The fourth-order valence-electron chi connectivity index (χ4n) is 3.07. The second kappa shape index (κ2) is 7.04. The van der Waals surface area contributed by atoms with Gasteiger partial charge < -0.3 is 14.5 Å². The predicted molar refractivity (Wildman–Crippen MR) is 92.3 cm³/mol. The van der Waals surface area contributed by atoms with Crippen LogP contribution in [0, 0.1) is 5.82 Å². The number of ether oxygens (including phenoxy) is 1. The molecular formula is C18H21FN4O2. The Bertz CT molecular complexity index is 764. The molecule has 0 N–H and O–H groups in total. The molecule has 1 fully saturated rings. The fraction of sp³-hybridized carbons (Fsp3) is 0.389. The molecule has 1 aromatic carbocycles. The zero-order valence-corrected chi connectivity index (χ0v) is 14.6. The third-order valence-electron chi connectivity index (χ3n) is 4.38. The number of likely N-dealkylation sites (tertiary alicyclic amines) is 1. The molecule has 0 aliphatic carbocycles. The first kappa shape index (κ1) is 17.1. The molecule has 7 heteroatoms. The predicted octanol–water partition coefficient (Wildman–Crippen LogP) is 2.67. The summed E-state index contributed by atoms with van der Waals surface area (Å²) in [6.07, 6.45) is 1.67. The molecule has 0 bridgehead atoms. The maximum absolute atomic E-state index is 13.6. The van der Waals surface area contributed by atoms with E-state index in [1.54, 1.807) is 4.90 Å². The van der Waals surface area contributed by atoms with Crippen LogP contribution >= 0.6 is 0 Å². The van der Waals surface area contributed by atoms with Gasteiger partial charge in [-0.2, -0.15) is 5.10 Å². The molecule has 2 aromatic rings. The van der Waals surface area contributed by atoms with Crippen molar-refractivity contribution in [1.82, 2.24) is 15.1 Å². The number of hydrogen-bond donors (Lipinski definition) is 0. The lowest BCUT2D eigenvalue weighted by Gasteiger charge is -2.25. The van der Waals surface area contributed by atoms with Crippen LogP contribution in [0.1, 0.15) is 34.9 Å². The van der Waals surface area contributed by atoms with Gasteiger partial charge in [-0.05, 0) is 43.2 Å². The van der Waals surface area contributed by atoms with Gasteiger partial charge in [-0.1, -0.05) is 0 Å². The SMILES string of the molecule is COc1ccc(F)cc1C(=O)N1CCCC1c1ccc(N(C)C)nn1. The van der Waals surface area contributed by atoms with Crippen LogP contribution in [0.4, 0.5) is 10.2 Å². The van der Waals surface area contributed by atoms with E-state index in [-0.39, 0.29) is 17.5 Å². The fourth-order valence-corrected chi connectivity index (χ4v) is 3.07. The Labute approximate surface area is 146 Å². The van der Waals surface area contributed by atoms with Crippen molar-refractivity contribution in [1.29, 1.82) is 0 Å². The van der Waals surface area contributed by atoms with E-state index in [1.165, 1.54) is 25.3 Å². The first-order valence-electron chi connectivity index (χ1n) is 8.16. The maximum atomic E-state index is 13.6. The van der Waals surface area contributed by atoms with Gasteiger partial charge in [-0.15, -0.1) is 5.10 Å².